The van der Waals surface area contributed by atoms with Gasteiger partial charge in [-0.1, -0.05) is 97.1 Å². The molecule has 12 rings (SSSR count). The molecule has 2 aliphatic heterocycles. The molecule has 8 nitrogen and oxygen atoms in total. The summed E-state index contributed by atoms with van der Waals surface area (Å²) >= 11 is 0. The number of benzene rings is 8. The summed E-state index contributed by atoms with van der Waals surface area (Å²) in [7, 11) is 0. The van der Waals surface area contributed by atoms with Crippen molar-refractivity contribution in [3.8, 4) is 22.9 Å². The Labute approximate surface area is 340 Å². The van der Waals surface area contributed by atoms with Crippen molar-refractivity contribution in [3.05, 3.63) is 182 Å². The Morgan fingerprint density at radius 3 is 1.03 bits per heavy atom. The maximum atomic E-state index is 11.5. The minimum atomic E-state index is 0.225. The number of fused-ring (bicyclic) bond motifs is 8. The molecular formula is C51H38N6O2. The standard InChI is InChI=1S/C51H38N6O2/c58-50-27-25-34(56-40-17-5-1-13-36(40)37-14-2-6-18-41(37)56)29-48(50)54-32-52(44-21-9-11-23-46(44)54)31-53-33-55(47-24-12-10-22-45(47)53)49-30-35(26-28-51(49)59)57-42-19-7-3-15-38(42)39-16-4-8-20-43(39)57/h1-30,58-59H,31-33H2. The molecule has 0 saturated heterocycles. The highest BCUT2D eigenvalue weighted by molar-refractivity contribution is 6.10. The summed E-state index contributed by atoms with van der Waals surface area (Å²) < 4.78 is 4.57. The minimum Gasteiger partial charge on any atom is -0.506 e. The molecule has 0 spiro atoms. The molecule has 0 fully saturated rings. The van der Waals surface area contributed by atoms with Gasteiger partial charge in [0, 0.05) is 32.9 Å². The maximum Gasteiger partial charge on any atom is 0.139 e. The number of hydrogen-bond donors (Lipinski definition) is 2. The summed E-state index contributed by atoms with van der Waals surface area (Å²) in [5.74, 6) is 0.449. The first-order chi connectivity index (χ1) is 29.1. The highest BCUT2D eigenvalue weighted by atomic mass is 16.3. The Hall–Kier alpha value is -7.84. The average molecular weight is 767 g/mol. The second-order valence-corrected chi connectivity index (χ2v) is 15.4. The Kier molecular flexibility index (Phi) is 7.25. The second kappa shape index (κ2) is 12.8. The molecule has 2 aliphatic rings. The van der Waals surface area contributed by atoms with Crippen LogP contribution in [0.3, 0.4) is 0 Å². The molecule has 0 amide bonds. The molecule has 8 aromatic carbocycles. The number of phenols is 2. The van der Waals surface area contributed by atoms with Gasteiger partial charge in [-0.2, -0.15) is 0 Å². The highest BCUT2D eigenvalue weighted by Crippen LogP contribution is 2.48. The lowest BCUT2D eigenvalue weighted by Crippen LogP contribution is -2.40. The van der Waals surface area contributed by atoms with E-state index >= 15 is 0 Å². The van der Waals surface area contributed by atoms with E-state index in [9.17, 15) is 10.2 Å². The number of rotatable bonds is 6. The van der Waals surface area contributed by atoms with E-state index in [1.54, 1.807) is 0 Å². The van der Waals surface area contributed by atoms with Gasteiger partial charge in [0.05, 0.1) is 76.2 Å². The summed E-state index contributed by atoms with van der Waals surface area (Å²) in [5, 5.41) is 27.8. The van der Waals surface area contributed by atoms with Crippen LogP contribution >= 0.6 is 0 Å². The van der Waals surface area contributed by atoms with E-state index < -0.39 is 0 Å². The van der Waals surface area contributed by atoms with E-state index in [0.717, 1.165) is 67.6 Å². The van der Waals surface area contributed by atoms with Gasteiger partial charge >= 0.3 is 0 Å². The topological polar surface area (TPSA) is 63.3 Å². The van der Waals surface area contributed by atoms with Crippen molar-refractivity contribution in [3.63, 3.8) is 0 Å². The van der Waals surface area contributed by atoms with Crippen molar-refractivity contribution in [2.24, 2.45) is 0 Å². The van der Waals surface area contributed by atoms with Crippen LogP contribution < -0.4 is 19.6 Å². The van der Waals surface area contributed by atoms with E-state index in [4.69, 9.17) is 0 Å². The van der Waals surface area contributed by atoms with Gasteiger partial charge in [0.25, 0.3) is 0 Å². The fourth-order valence-electron chi connectivity index (χ4n) is 9.56. The summed E-state index contributed by atoms with van der Waals surface area (Å²) in [5.41, 5.74) is 12.2. The maximum absolute atomic E-state index is 11.5. The normalized spacial score (nSPS) is 13.7. The van der Waals surface area contributed by atoms with Crippen LogP contribution in [0.25, 0.3) is 55.0 Å². The van der Waals surface area contributed by atoms with Crippen molar-refractivity contribution in [2.75, 3.05) is 39.6 Å². The van der Waals surface area contributed by atoms with Crippen LogP contribution in [0, 0.1) is 0 Å². The number of aromatic nitrogens is 2. The monoisotopic (exact) mass is 766 g/mol. The van der Waals surface area contributed by atoms with Crippen molar-refractivity contribution >= 4 is 77.7 Å². The number of nitrogens with zero attached hydrogens (tertiary/aromatic N) is 6. The average Bonchev–Trinajstić information content (AvgIpc) is 4.03. The molecule has 4 heterocycles. The van der Waals surface area contributed by atoms with Crippen molar-refractivity contribution < 1.29 is 10.2 Å². The Balaban J connectivity index is 0.897. The Morgan fingerprint density at radius 2 is 0.661 bits per heavy atom. The van der Waals surface area contributed by atoms with Gasteiger partial charge in [0.1, 0.15) is 11.5 Å². The molecule has 2 N–H and O–H groups in total. The van der Waals surface area contributed by atoms with Crippen molar-refractivity contribution in [2.45, 2.75) is 0 Å². The molecule has 0 aliphatic carbocycles. The van der Waals surface area contributed by atoms with Crippen LogP contribution in [0.15, 0.2) is 182 Å². The SMILES string of the molecule is Oc1ccc(-n2c3ccccc3c3ccccc32)cc1N1CN(CN2CN(c3cc(-n4c5ccccc5c5ccccc54)ccc3O)c3ccccc32)c2ccccc21. The third kappa shape index (κ3) is 5.02. The molecule has 2 aromatic heterocycles. The Morgan fingerprint density at radius 1 is 0.339 bits per heavy atom. The van der Waals surface area contributed by atoms with Crippen LogP contribution in [0.2, 0.25) is 0 Å². The highest BCUT2D eigenvalue weighted by Gasteiger charge is 2.34. The molecule has 10 aromatic rings. The minimum absolute atomic E-state index is 0.225. The molecule has 0 bridgehead atoms. The van der Waals surface area contributed by atoms with Crippen LogP contribution in [-0.4, -0.2) is 39.4 Å². The first-order valence-corrected chi connectivity index (χ1v) is 20.0. The molecular weight excluding hydrogens is 729 g/mol. The third-order valence-corrected chi connectivity index (χ3v) is 12.2. The fourth-order valence-corrected chi connectivity index (χ4v) is 9.56. The van der Waals surface area contributed by atoms with E-state index in [-0.39, 0.29) is 11.5 Å². The molecule has 0 atom stereocenters. The number of para-hydroxylation sites is 8. The molecule has 0 unspecified atom stereocenters. The zero-order chi connectivity index (χ0) is 39.2. The predicted molar refractivity (Wildman–Crippen MR) is 242 cm³/mol. The summed E-state index contributed by atoms with van der Waals surface area (Å²) in [4.78, 5) is 9.14. The van der Waals surface area contributed by atoms with E-state index in [1.165, 1.54) is 21.5 Å². The zero-order valence-corrected chi connectivity index (χ0v) is 32.0. The first-order valence-electron chi connectivity index (χ1n) is 20.0. The van der Waals surface area contributed by atoms with Crippen LogP contribution in [0.4, 0.5) is 34.1 Å². The number of aromatic hydroxyl groups is 2. The van der Waals surface area contributed by atoms with Crippen molar-refractivity contribution in [1.82, 2.24) is 9.13 Å². The van der Waals surface area contributed by atoms with Gasteiger partial charge in [-0.05, 0) is 84.9 Å². The predicted octanol–water partition coefficient (Wildman–Crippen LogP) is 11.8. The lowest BCUT2D eigenvalue weighted by atomic mass is 10.2. The summed E-state index contributed by atoms with van der Waals surface area (Å²) in [6.07, 6.45) is 0. The van der Waals surface area contributed by atoms with E-state index in [1.807, 2.05) is 24.3 Å². The lowest BCUT2D eigenvalue weighted by molar-refractivity contribution is 0.475. The molecule has 0 radical (unpaired) electrons. The number of phenolic OH excluding ortho intramolecular Hbond substituents is 2. The van der Waals surface area contributed by atoms with Crippen molar-refractivity contribution in [1.29, 1.82) is 0 Å². The zero-order valence-electron chi connectivity index (χ0n) is 32.0. The van der Waals surface area contributed by atoms with Gasteiger partial charge in [0.2, 0.25) is 0 Å². The van der Waals surface area contributed by atoms with Gasteiger partial charge in [-0.25, -0.2) is 0 Å². The lowest BCUT2D eigenvalue weighted by Gasteiger charge is -2.29. The van der Waals surface area contributed by atoms with Crippen LogP contribution in [0.1, 0.15) is 0 Å². The Bertz CT molecular complexity index is 2970. The molecule has 0 saturated carbocycles. The fraction of sp³-hybridized carbons (Fsp3) is 0.0588. The third-order valence-electron chi connectivity index (χ3n) is 12.2. The summed E-state index contributed by atoms with van der Waals surface area (Å²) in [6.45, 7) is 1.66. The smallest absolute Gasteiger partial charge is 0.139 e. The van der Waals surface area contributed by atoms with Gasteiger partial charge < -0.3 is 38.9 Å². The van der Waals surface area contributed by atoms with Gasteiger partial charge in [0.15, 0.2) is 0 Å². The van der Waals surface area contributed by atoms with Gasteiger partial charge in [-0.15, -0.1) is 0 Å². The largest absolute Gasteiger partial charge is 0.506 e. The first kappa shape index (κ1) is 33.3. The van der Waals surface area contributed by atoms with Crippen LogP contribution in [0.5, 0.6) is 11.5 Å². The quantitative estimate of drug-likeness (QED) is 0.176. The van der Waals surface area contributed by atoms with E-state index in [2.05, 4.69) is 186 Å². The second-order valence-electron chi connectivity index (χ2n) is 15.4. The molecule has 284 valence electrons. The molecule has 8 heteroatoms. The molecule has 59 heavy (non-hydrogen) atoms. The number of anilines is 6. The van der Waals surface area contributed by atoms with Crippen LogP contribution in [-0.2, 0) is 0 Å². The summed E-state index contributed by atoms with van der Waals surface area (Å²) in [6, 6.07) is 62.7. The number of hydrogen-bond acceptors (Lipinski definition) is 6. The van der Waals surface area contributed by atoms with Gasteiger partial charge in [-0.3, -0.25) is 0 Å². The van der Waals surface area contributed by atoms with E-state index in [0.29, 0.717) is 20.0 Å².